The van der Waals surface area contributed by atoms with Gasteiger partial charge in [0.25, 0.3) is 11.8 Å². The van der Waals surface area contributed by atoms with Gasteiger partial charge in [-0.25, -0.2) is 9.97 Å². The van der Waals surface area contributed by atoms with Crippen molar-refractivity contribution in [1.29, 1.82) is 0 Å². The molecule has 7 nitrogen and oxygen atoms in total. The van der Waals surface area contributed by atoms with Crippen LogP contribution in [-0.4, -0.2) is 62.7 Å². The summed E-state index contributed by atoms with van der Waals surface area (Å²) in [5.41, 5.74) is 0.775. The normalized spacial score (nSPS) is 14.4. The number of rotatable bonds is 3. The Balaban J connectivity index is 1.39. The number of amides is 2. The molecule has 0 radical (unpaired) electrons. The van der Waals surface area contributed by atoms with Crippen molar-refractivity contribution < 1.29 is 9.59 Å². The minimum atomic E-state index is -0.158. The number of piperazine rings is 1. The largest absolute Gasteiger partial charge is 0.334 e. The second-order valence-electron chi connectivity index (χ2n) is 5.84. The van der Waals surface area contributed by atoms with E-state index >= 15 is 0 Å². The Morgan fingerprint density at radius 1 is 0.963 bits per heavy atom. The number of aromatic nitrogens is 3. The highest BCUT2D eigenvalue weighted by atomic mass is 79.9. The quantitative estimate of drug-likeness (QED) is 0.596. The van der Waals surface area contributed by atoms with E-state index in [1.54, 1.807) is 26.5 Å². The van der Waals surface area contributed by atoms with Gasteiger partial charge in [-0.05, 0) is 22.0 Å². The predicted molar refractivity (Wildman–Crippen MR) is 107 cm³/mol. The highest BCUT2D eigenvalue weighted by Gasteiger charge is 2.27. The van der Waals surface area contributed by atoms with Crippen molar-refractivity contribution >= 4 is 50.4 Å². The van der Waals surface area contributed by atoms with Crippen LogP contribution in [0.25, 0.3) is 9.88 Å². The van der Waals surface area contributed by atoms with E-state index in [9.17, 15) is 9.59 Å². The molecule has 1 aliphatic rings. The van der Waals surface area contributed by atoms with Gasteiger partial charge in [0.15, 0.2) is 0 Å². The van der Waals surface area contributed by atoms with Gasteiger partial charge in [0.1, 0.15) is 16.4 Å². The first-order chi connectivity index (χ1) is 13.1. The van der Waals surface area contributed by atoms with Crippen molar-refractivity contribution in [2.75, 3.05) is 26.2 Å². The highest BCUT2D eigenvalue weighted by Crippen LogP contribution is 2.32. The van der Waals surface area contributed by atoms with Crippen LogP contribution >= 0.6 is 38.6 Å². The molecule has 0 spiro atoms. The molecular weight excluding hydrogens is 450 g/mol. The molecule has 1 saturated heterocycles. The predicted octanol–water partition coefficient (Wildman–Crippen LogP) is 3.02. The van der Waals surface area contributed by atoms with Crippen molar-refractivity contribution in [3.05, 3.63) is 51.3 Å². The molecule has 1 aliphatic heterocycles. The van der Waals surface area contributed by atoms with E-state index < -0.39 is 0 Å². The minimum Gasteiger partial charge on any atom is -0.334 e. The van der Waals surface area contributed by atoms with Gasteiger partial charge < -0.3 is 9.80 Å². The van der Waals surface area contributed by atoms with Crippen LogP contribution in [0.2, 0.25) is 0 Å². The molecule has 4 rings (SSSR count). The maximum atomic E-state index is 12.7. The number of halogens is 1. The fourth-order valence-corrected chi connectivity index (χ4v) is 5.06. The van der Waals surface area contributed by atoms with Crippen molar-refractivity contribution in [2.24, 2.45) is 0 Å². The van der Waals surface area contributed by atoms with Gasteiger partial charge in [-0.1, -0.05) is 0 Å². The molecule has 2 amide bonds. The lowest BCUT2D eigenvalue weighted by Crippen LogP contribution is -2.50. The molecular formula is C17H14BrN5O2S2. The molecule has 10 heteroatoms. The Hall–Kier alpha value is -2.17. The summed E-state index contributed by atoms with van der Waals surface area (Å²) in [5, 5.41) is 4.62. The molecule has 4 heterocycles. The summed E-state index contributed by atoms with van der Waals surface area (Å²) in [6.45, 7) is 1.89. The average Bonchev–Trinajstić information content (AvgIpc) is 3.37. The lowest BCUT2D eigenvalue weighted by atomic mass is 10.2. The van der Waals surface area contributed by atoms with Crippen molar-refractivity contribution in [3.8, 4) is 9.88 Å². The molecule has 0 bridgehead atoms. The molecule has 27 heavy (non-hydrogen) atoms. The second-order valence-corrected chi connectivity index (χ2v) is 8.53. The van der Waals surface area contributed by atoms with Crippen molar-refractivity contribution in [3.63, 3.8) is 0 Å². The monoisotopic (exact) mass is 463 g/mol. The molecule has 3 aromatic heterocycles. The van der Waals surface area contributed by atoms with Gasteiger partial charge in [-0.15, -0.1) is 22.7 Å². The fraction of sp³-hybridized carbons (Fsp3) is 0.235. The van der Waals surface area contributed by atoms with Gasteiger partial charge in [-0.2, -0.15) is 0 Å². The lowest BCUT2D eigenvalue weighted by Gasteiger charge is -2.34. The third-order valence-electron chi connectivity index (χ3n) is 4.14. The van der Waals surface area contributed by atoms with Crippen LogP contribution in [0.1, 0.15) is 21.0 Å². The van der Waals surface area contributed by atoms with Crippen LogP contribution in [0.4, 0.5) is 0 Å². The van der Waals surface area contributed by atoms with Crippen LogP contribution in [0.3, 0.4) is 0 Å². The van der Waals surface area contributed by atoms with Crippen LogP contribution in [-0.2, 0) is 0 Å². The van der Waals surface area contributed by atoms with E-state index in [0.717, 1.165) is 14.4 Å². The number of thiophene rings is 1. The first kappa shape index (κ1) is 18.2. The van der Waals surface area contributed by atoms with Crippen LogP contribution in [0, 0.1) is 0 Å². The van der Waals surface area contributed by atoms with Crippen LogP contribution in [0.15, 0.2) is 39.9 Å². The maximum absolute atomic E-state index is 12.7. The Labute approximate surface area is 171 Å². The van der Waals surface area contributed by atoms with Gasteiger partial charge in [-0.3, -0.25) is 14.6 Å². The van der Waals surface area contributed by atoms with Crippen LogP contribution < -0.4 is 0 Å². The molecule has 0 atom stereocenters. The van der Waals surface area contributed by atoms with E-state index in [1.165, 1.54) is 29.9 Å². The number of hydrogen-bond donors (Lipinski definition) is 0. The lowest BCUT2D eigenvalue weighted by molar-refractivity contribution is 0.0529. The summed E-state index contributed by atoms with van der Waals surface area (Å²) < 4.78 is 1.01. The molecule has 3 aromatic rings. The Morgan fingerprint density at radius 2 is 1.67 bits per heavy atom. The Bertz CT molecular complexity index is 967. The first-order valence-corrected chi connectivity index (χ1v) is 10.7. The summed E-state index contributed by atoms with van der Waals surface area (Å²) in [7, 11) is 0. The Kier molecular flexibility index (Phi) is 5.28. The summed E-state index contributed by atoms with van der Waals surface area (Å²) in [6.07, 6.45) is 4.49. The third kappa shape index (κ3) is 3.92. The fourth-order valence-electron chi connectivity index (χ4n) is 2.76. The van der Waals surface area contributed by atoms with E-state index in [-0.39, 0.29) is 11.8 Å². The molecule has 0 N–H and O–H groups in total. The number of carbonyl (C=O) groups excluding carboxylic acids is 2. The molecule has 0 aromatic carbocycles. The summed E-state index contributed by atoms with van der Waals surface area (Å²) in [4.78, 5) is 42.1. The maximum Gasteiger partial charge on any atom is 0.274 e. The number of hydrogen-bond acceptors (Lipinski definition) is 7. The van der Waals surface area contributed by atoms with E-state index in [2.05, 4.69) is 30.9 Å². The zero-order chi connectivity index (χ0) is 18.8. The number of nitrogens with zero attached hydrogens (tertiary/aromatic N) is 5. The number of thiazole rings is 1. The van der Waals surface area contributed by atoms with E-state index in [1.807, 2.05) is 11.4 Å². The summed E-state index contributed by atoms with van der Waals surface area (Å²) in [5.74, 6) is -0.255. The standard InChI is InChI=1S/C17H14BrN5O2S2/c18-11-7-14(26-9-11)15-21-13(10-27-15)17(25)23-5-3-22(4-6-23)16(24)12-8-19-1-2-20-12/h1-2,7-10H,3-6H2. The molecule has 1 fully saturated rings. The smallest absolute Gasteiger partial charge is 0.274 e. The third-order valence-corrected chi connectivity index (χ3v) is 6.84. The van der Waals surface area contributed by atoms with E-state index in [0.29, 0.717) is 37.6 Å². The molecule has 0 saturated carbocycles. The average molecular weight is 464 g/mol. The van der Waals surface area contributed by atoms with Gasteiger partial charge in [0, 0.05) is 53.8 Å². The van der Waals surface area contributed by atoms with Gasteiger partial charge in [0.05, 0.1) is 11.1 Å². The molecule has 138 valence electrons. The molecule has 0 aliphatic carbocycles. The summed E-state index contributed by atoms with van der Waals surface area (Å²) >= 11 is 6.48. The van der Waals surface area contributed by atoms with Gasteiger partial charge in [0.2, 0.25) is 0 Å². The van der Waals surface area contributed by atoms with Crippen LogP contribution in [0.5, 0.6) is 0 Å². The molecule has 0 unspecified atom stereocenters. The SMILES string of the molecule is O=C(c1cnccn1)N1CCN(C(=O)c2csc(-c3cc(Br)cs3)n2)CC1. The zero-order valence-electron chi connectivity index (χ0n) is 14.0. The Morgan fingerprint density at radius 3 is 2.26 bits per heavy atom. The zero-order valence-corrected chi connectivity index (χ0v) is 17.3. The van der Waals surface area contributed by atoms with Crippen molar-refractivity contribution in [1.82, 2.24) is 24.8 Å². The topological polar surface area (TPSA) is 79.3 Å². The second kappa shape index (κ2) is 7.83. The number of carbonyl (C=O) groups is 2. The van der Waals surface area contributed by atoms with Gasteiger partial charge >= 0.3 is 0 Å². The van der Waals surface area contributed by atoms with Crippen molar-refractivity contribution in [2.45, 2.75) is 0 Å². The highest BCUT2D eigenvalue weighted by molar-refractivity contribution is 9.10. The first-order valence-electron chi connectivity index (χ1n) is 8.16. The minimum absolute atomic E-state index is 0.0975. The van der Waals surface area contributed by atoms with E-state index in [4.69, 9.17) is 0 Å². The summed E-state index contributed by atoms with van der Waals surface area (Å²) in [6, 6.07) is 1.99.